The van der Waals surface area contributed by atoms with Crippen LogP contribution in [0.1, 0.15) is 80.1 Å². The highest BCUT2D eigenvalue weighted by atomic mass is 35.5. The van der Waals surface area contributed by atoms with Gasteiger partial charge < -0.3 is 19.7 Å². The second kappa shape index (κ2) is 16.5. The van der Waals surface area contributed by atoms with Crippen LogP contribution in [0.4, 0.5) is 0 Å². The summed E-state index contributed by atoms with van der Waals surface area (Å²) in [6.07, 6.45) is 6.47. The van der Waals surface area contributed by atoms with Crippen LogP contribution < -0.4 is 0 Å². The van der Waals surface area contributed by atoms with Gasteiger partial charge in [0.15, 0.2) is 0 Å². The Morgan fingerprint density at radius 1 is 1.02 bits per heavy atom. The number of esters is 1. The van der Waals surface area contributed by atoms with Crippen molar-refractivity contribution in [3.8, 4) is 0 Å². The van der Waals surface area contributed by atoms with E-state index in [1.165, 1.54) is 5.56 Å². The normalized spacial score (nSPS) is 24.2. The highest BCUT2D eigenvalue weighted by molar-refractivity contribution is 6.21. The van der Waals surface area contributed by atoms with E-state index in [9.17, 15) is 15.0 Å². The van der Waals surface area contributed by atoms with Gasteiger partial charge in [-0.15, -0.1) is 11.6 Å². The number of nitrogens with zero attached hydrogens (tertiary/aromatic N) is 1. The molecule has 4 rings (SSSR count). The van der Waals surface area contributed by atoms with Crippen LogP contribution in [0.2, 0.25) is 0 Å². The molecule has 2 N–H and O–H groups in total. The molecule has 1 saturated carbocycles. The molecule has 2 aromatic rings. The molecule has 1 aliphatic heterocycles. The summed E-state index contributed by atoms with van der Waals surface area (Å²) >= 11 is 6.71. The van der Waals surface area contributed by atoms with Gasteiger partial charge in [0.1, 0.15) is 6.61 Å². The first-order valence-electron chi connectivity index (χ1n) is 15.1. The van der Waals surface area contributed by atoms with E-state index in [0.29, 0.717) is 25.9 Å². The summed E-state index contributed by atoms with van der Waals surface area (Å²) < 4.78 is 10.7. The Kier molecular flexibility index (Phi) is 12.8. The monoisotopic (exact) mass is 571 g/mol. The molecule has 0 spiro atoms. The number of alkyl halides is 1. The Hall–Kier alpha value is -1.96. The lowest BCUT2D eigenvalue weighted by Gasteiger charge is -2.26. The maximum Gasteiger partial charge on any atom is 0.305 e. The van der Waals surface area contributed by atoms with Crippen molar-refractivity contribution in [1.29, 1.82) is 0 Å². The second-order valence-corrected chi connectivity index (χ2v) is 11.9. The SMILES string of the molecule is O=C(CCCCCC[C@@H]1[C@@H](c2ccc(C(O)CCc3ccccc3)cc2)[C@H](O)C[C@H]1Cl)OCCN1CCOCC1. The molecule has 40 heavy (non-hydrogen) atoms. The maximum atomic E-state index is 12.0. The van der Waals surface area contributed by atoms with Gasteiger partial charge in [-0.1, -0.05) is 73.9 Å². The van der Waals surface area contributed by atoms with Crippen molar-refractivity contribution >= 4 is 17.6 Å². The van der Waals surface area contributed by atoms with Crippen molar-refractivity contribution in [3.05, 3.63) is 71.3 Å². The molecular weight excluding hydrogens is 526 g/mol. The third-order valence-corrected chi connectivity index (χ3v) is 9.01. The van der Waals surface area contributed by atoms with Crippen molar-refractivity contribution in [2.45, 2.75) is 81.3 Å². The van der Waals surface area contributed by atoms with Crippen LogP contribution in [0.5, 0.6) is 0 Å². The predicted molar refractivity (Wildman–Crippen MR) is 159 cm³/mol. The van der Waals surface area contributed by atoms with Crippen molar-refractivity contribution in [1.82, 2.24) is 4.90 Å². The number of carbonyl (C=O) groups is 1. The molecule has 6 nitrogen and oxygen atoms in total. The number of halogens is 1. The molecule has 0 radical (unpaired) electrons. The van der Waals surface area contributed by atoms with Gasteiger partial charge in [0.2, 0.25) is 0 Å². The summed E-state index contributed by atoms with van der Waals surface area (Å²) in [6.45, 7) is 4.55. The molecule has 1 unspecified atom stereocenters. The smallest absolute Gasteiger partial charge is 0.305 e. The Morgan fingerprint density at radius 2 is 1.75 bits per heavy atom. The number of hydrogen-bond acceptors (Lipinski definition) is 6. The lowest BCUT2D eigenvalue weighted by Crippen LogP contribution is -2.38. The summed E-state index contributed by atoms with van der Waals surface area (Å²) in [4.78, 5) is 14.3. The standard InChI is InChI=1S/C33H46ClNO5/c34-29-24-31(37)33(27-15-13-26(14-16-27)30(36)17-12-25-8-4-3-5-9-25)28(29)10-6-1-2-7-11-32(38)40-23-20-35-18-21-39-22-19-35/h3-5,8-9,13-16,28-31,33,36-37H,1-2,6-7,10-12,17-24H2/t28-,29+,30?,31+,33+/m0/s1. The quantitative estimate of drug-likeness (QED) is 0.164. The van der Waals surface area contributed by atoms with Crippen molar-refractivity contribution < 1.29 is 24.5 Å². The van der Waals surface area contributed by atoms with E-state index in [-0.39, 0.29) is 23.2 Å². The van der Waals surface area contributed by atoms with Crippen LogP contribution >= 0.6 is 11.6 Å². The number of aliphatic hydroxyl groups is 2. The Morgan fingerprint density at radius 3 is 2.50 bits per heavy atom. The largest absolute Gasteiger partial charge is 0.464 e. The topological polar surface area (TPSA) is 79.2 Å². The minimum atomic E-state index is -0.513. The number of unbranched alkanes of at least 4 members (excludes halogenated alkanes) is 3. The predicted octanol–water partition coefficient (Wildman–Crippen LogP) is 5.64. The molecule has 5 atom stereocenters. The second-order valence-electron chi connectivity index (χ2n) is 11.3. The van der Waals surface area contributed by atoms with Crippen LogP contribution in [-0.2, 0) is 20.7 Å². The fraction of sp³-hybridized carbons (Fsp3) is 0.606. The van der Waals surface area contributed by atoms with Gasteiger partial charge in [0.25, 0.3) is 0 Å². The fourth-order valence-corrected chi connectivity index (χ4v) is 6.60. The van der Waals surface area contributed by atoms with E-state index in [4.69, 9.17) is 21.1 Å². The molecule has 0 amide bonds. The van der Waals surface area contributed by atoms with Gasteiger partial charge in [0.05, 0.1) is 25.4 Å². The zero-order valence-electron chi connectivity index (χ0n) is 23.6. The molecule has 2 aliphatic rings. The van der Waals surface area contributed by atoms with E-state index >= 15 is 0 Å². The lowest BCUT2D eigenvalue weighted by molar-refractivity contribution is -0.144. The number of aliphatic hydroxyl groups excluding tert-OH is 2. The Balaban J connectivity index is 1.15. The minimum Gasteiger partial charge on any atom is -0.464 e. The first kappa shape index (κ1) is 31.0. The third-order valence-electron chi connectivity index (χ3n) is 8.51. The van der Waals surface area contributed by atoms with E-state index in [0.717, 1.165) is 82.5 Å². The van der Waals surface area contributed by atoms with E-state index in [1.807, 2.05) is 30.3 Å². The van der Waals surface area contributed by atoms with Gasteiger partial charge >= 0.3 is 5.97 Å². The minimum absolute atomic E-state index is 0.0134. The number of aryl methyl sites for hydroxylation is 1. The van der Waals surface area contributed by atoms with E-state index < -0.39 is 12.2 Å². The molecule has 1 saturated heterocycles. The molecule has 220 valence electrons. The highest BCUT2D eigenvalue weighted by Gasteiger charge is 2.41. The van der Waals surface area contributed by atoms with Gasteiger partial charge in [-0.05, 0) is 54.7 Å². The molecule has 2 fully saturated rings. The third kappa shape index (κ3) is 9.56. The number of morpholine rings is 1. The fourth-order valence-electron chi connectivity index (χ4n) is 6.14. The summed E-state index contributed by atoms with van der Waals surface area (Å²) in [7, 11) is 0. The zero-order chi connectivity index (χ0) is 28.2. The van der Waals surface area contributed by atoms with E-state index in [2.05, 4.69) is 29.2 Å². The zero-order valence-corrected chi connectivity index (χ0v) is 24.4. The summed E-state index contributed by atoms with van der Waals surface area (Å²) in [6, 6.07) is 18.3. The average molecular weight is 572 g/mol. The molecule has 1 heterocycles. The summed E-state index contributed by atoms with van der Waals surface area (Å²) in [5, 5.41) is 21.5. The first-order valence-corrected chi connectivity index (χ1v) is 15.5. The average Bonchev–Trinajstić information content (AvgIpc) is 3.26. The van der Waals surface area contributed by atoms with E-state index in [1.54, 1.807) is 0 Å². The summed E-state index contributed by atoms with van der Waals surface area (Å²) in [5.41, 5.74) is 3.23. The molecule has 0 bridgehead atoms. The van der Waals surface area contributed by atoms with Gasteiger partial charge in [-0.25, -0.2) is 0 Å². The molecular formula is C33H46ClNO5. The molecule has 0 aromatic heterocycles. The lowest BCUT2D eigenvalue weighted by atomic mass is 9.83. The molecule has 1 aliphatic carbocycles. The van der Waals surface area contributed by atoms with Crippen LogP contribution in [0.3, 0.4) is 0 Å². The van der Waals surface area contributed by atoms with Crippen molar-refractivity contribution in [2.75, 3.05) is 39.5 Å². The number of rotatable bonds is 15. The number of carbonyl (C=O) groups excluding carboxylic acids is 1. The van der Waals surface area contributed by atoms with Crippen LogP contribution in [0.25, 0.3) is 0 Å². The van der Waals surface area contributed by atoms with Crippen molar-refractivity contribution in [3.63, 3.8) is 0 Å². The van der Waals surface area contributed by atoms with Crippen LogP contribution in [0.15, 0.2) is 54.6 Å². The summed E-state index contributed by atoms with van der Waals surface area (Å²) in [5.74, 6) is 0.122. The first-order chi connectivity index (χ1) is 19.5. The highest BCUT2D eigenvalue weighted by Crippen LogP contribution is 2.45. The van der Waals surface area contributed by atoms with Gasteiger partial charge in [-0.2, -0.15) is 0 Å². The number of ether oxygens (including phenoxy) is 2. The van der Waals surface area contributed by atoms with Crippen LogP contribution in [-0.4, -0.2) is 72.0 Å². The van der Waals surface area contributed by atoms with Crippen LogP contribution in [0, 0.1) is 5.92 Å². The molecule has 7 heteroatoms. The molecule has 2 aromatic carbocycles. The van der Waals surface area contributed by atoms with Gasteiger partial charge in [-0.3, -0.25) is 9.69 Å². The number of benzene rings is 2. The Bertz CT molecular complexity index is 998. The number of hydrogen-bond donors (Lipinski definition) is 2. The van der Waals surface area contributed by atoms with Crippen molar-refractivity contribution in [2.24, 2.45) is 5.92 Å². The Labute approximate surface area is 244 Å². The maximum absolute atomic E-state index is 12.0. The van der Waals surface area contributed by atoms with Gasteiger partial charge in [0, 0.05) is 37.4 Å².